The normalized spacial score (nSPS) is 12.1. The average molecular weight is 339 g/mol. The van der Waals surface area contributed by atoms with E-state index in [1.54, 1.807) is 13.4 Å². The van der Waals surface area contributed by atoms with Crippen LogP contribution in [0.4, 0.5) is 0 Å². The van der Waals surface area contributed by atoms with Gasteiger partial charge in [-0.3, -0.25) is 4.79 Å². The number of rotatable bonds is 6. The third kappa shape index (κ3) is 3.51. The quantitative estimate of drug-likeness (QED) is 0.724. The van der Waals surface area contributed by atoms with Gasteiger partial charge in [0, 0.05) is 16.5 Å². The Morgan fingerprint density at radius 3 is 2.68 bits per heavy atom. The monoisotopic (exact) mass is 339 g/mol. The van der Waals surface area contributed by atoms with Crippen molar-refractivity contribution < 1.29 is 19.1 Å². The molecule has 0 aliphatic heterocycles. The summed E-state index contributed by atoms with van der Waals surface area (Å²) >= 11 is 0. The molecule has 0 saturated heterocycles. The van der Waals surface area contributed by atoms with Gasteiger partial charge < -0.3 is 19.6 Å². The van der Waals surface area contributed by atoms with Gasteiger partial charge in [-0.1, -0.05) is 30.3 Å². The Bertz CT molecular complexity index is 870. The fourth-order valence-electron chi connectivity index (χ4n) is 2.97. The molecule has 2 N–H and O–H groups in total. The van der Waals surface area contributed by atoms with Crippen LogP contribution >= 0.6 is 0 Å². The third-order valence-corrected chi connectivity index (χ3v) is 4.31. The highest BCUT2D eigenvalue weighted by Crippen LogP contribution is 2.30. The fraction of sp³-hybridized carbons (Fsp3) is 0.250. The standard InChI is InChI=1S/C20H21NO4/c1-13-18(24-2)9-8-16-15(12-25-20(13)16)10-19(23)21-17(11-22)14-6-4-3-5-7-14/h3-9,12,17,22H,10-11H2,1-2H3,(H,21,23)/t17-/m1/s1. The van der Waals surface area contributed by atoms with E-state index in [0.717, 1.165) is 33.4 Å². The zero-order valence-corrected chi connectivity index (χ0v) is 14.3. The number of fused-ring (bicyclic) bond motifs is 1. The van der Waals surface area contributed by atoms with Gasteiger partial charge in [-0.15, -0.1) is 0 Å². The van der Waals surface area contributed by atoms with Crippen LogP contribution in [0.5, 0.6) is 5.75 Å². The summed E-state index contributed by atoms with van der Waals surface area (Å²) in [6, 6.07) is 12.8. The van der Waals surface area contributed by atoms with Crippen molar-refractivity contribution in [1.29, 1.82) is 0 Å². The van der Waals surface area contributed by atoms with E-state index in [1.807, 2.05) is 49.4 Å². The van der Waals surface area contributed by atoms with Crippen LogP contribution < -0.4 is 10.1 Å². The molecule has 1 atom stereocenters. The highest BCUT2D eigenvalue weighted by atomic mass is 16.5. The van der Waals surface area contributed by atoms with Gasteiger partial charge in [-0.05, 0) is 24.6 Å². The number of hydrogen-bond acceptors (Lipinski definition) is 4. The van der Waals surface area contributed by atoms with Crippen molar-refractivity contribution in [1.82, 2.24) is 5.32 Å². The van der Waals surface area contributed by atoms with E-state index in [2.05, 4.69) is 5.32 Å². The Morgan fingerprint density at radius 2 is 2.00 bits per heavy atom. The Balaban J connectivity index is 1.77. The molecule has 2 aromatic carbocycles. The Morgan fingerprint density at radius 1 is 1.24 bits per heavy atom. The van der Waals surface area contributed by atoms with Crippen LogP contribution in [0.2, 0.25) is 0 Å². The number of hydrogen-bond donors (Lipinski definition) is 2. The molecule has 0 radical (unpaired) electrons. The van der Waals surface area contributed by atoms with Gasteiger partial charge in [-0.25, -0.2) is 0 Å². The summed E-state index contributed by atoms with van der Waals surface area (Å²) in [6.45, 7) is 1.77. The zero-order chi connectivity index (χ0) is 17.8. The molecule has 5 nitrogen and oxygen atoms in total. The van der Waals surface area contributed by atoms with E-state index in [1.165, 1.54) is 0 Å². The first-order valence-electron chi connectivity index (χ1n) is 8.13. The van der Waals surface area contributed by atoms with Crippen LogP contribution in [0.3, 0.4) is 0 Å². The lowest BCUT2D eigenvalue weighted by Crippen LogP contribution is -2.31. The molecule has 0 bridgehead atoms. The number of furan rings is 1. The number of nitrogens with one attached hydrogen (secondary N) is 1. The first kappa shape index (κ1) is 17.0. The van der Waals surface area contributed by atoms with E-state index >= 15 is 0 Å². The lowest BCUT2D eigenvalue weighted by atomic mass is 10.1. The van der Waals surface area contributed by atoms with Crippen LogP contribution in [0.25, 0.3) is 11.0 Å². The molecule has 0 unspecified atom stereocenters. The van der Waals surface area contributed by atoms with Crippen molar-refractivity contribution in [3.05, 3.63) is 65.4 Å². The summed E-state index contributed by atoms with van der Waals surface area (Å²) in [7, 11) is 1.62. The maximum Gasteiger partial charge on any atom is 0.225 e. The molecular weight excluding hydrogens is 318 g/mol. The Kier molecular flexibility index (Phi) is 5.05. The summed E-state index contributed by atoms with van der Waals surface area (Å²) in [5.41, 5.74) is 3.31. The van der Waals surface area contributed by atoms with Crippen LogP contribution in [0, 0.1) is 6.92 Å². The summed E-state index contributed by atoms with van der Waals surface area (Å²) in [5, 5.41) is 13.3. The van der Waals surface area contributed by atoms with Crippen molar-refractivity contribution in [3.63, 3.8) is 0 Å². The van der Waals surface area contributed by atoms with Gasteiger partial charge in [0.15, 0.2) is 0 Å². The van der Waals surface area contributed by atoms with Gasteiger partial charge in [0.05, 0.1) is 32.4 Å². The predicted molar refractivity (Wildman–Crippen MR) is 95.6 cm³/mol. The number of aliphatic hydroxyl groups is 1. The van der Waals surface area contributed by atoms with Crippen molar-refractivity contribution in [2.45, 2.75) is 19.4 Å². The largest absolute Gasteiger partial charge is 0.496 e. The molecule has 3 rings (SSSR count). The molecule has 5 heteroatoms. The summed E-state index contributed by atoms with van der Waals surface area (Å²) in [5.74, 6) is 0.585. The Labute approximate surface area is 146 Å². The predicted octanol–water partition coefficient (Wildman–Crippen LogP) is 3.14. The number of aliphatic hydroxyl groups excluding tert-OH is 1. The first-order valence-corrected chi connectivity index (χ1v) is 8.13. The number of methoxy groups -OCH3 is 1. The number of amides is 1. The zero-order valence-electron chi connectivity index (χ0n) is 14.3. The van der Waals surface area contributed by atoms with Gasteiger partial charge in [0.2, 0.25) is 5.91 Å². The average Bonchev–Trinajstić information content (AvgIpc) is 3.04. The highest BCUT2D eigenvalue weighted by molar-refractivity contribution is 5.90. The smallest absolute Gasteiger partial charge is 0.225 e. The molecule has 130 valence electrons. The molecule has 1 amide bonds. The number of carbonyl (C=O) groups excluding carboxylic acids is 1. The van der Waals surface area contributed by atoms with Gasteiger partial charge in [0.1, 0.15) is 11.3 Å². The SMILES string of the molecule is COc1ccc2c(CC(=O)N[C@H](CO)c3ccccc3)coc2c1C. The van der Waals surface area contributed by atoms with E-state index in [9.17, 15) is 9.90 Å². The molecule has 0 spiro atoms. The van der Waals surface area contributed by atoms with Gasteiger partial charge in [-0.2, -0.15) is 0 Å². The fourth-order valence-corrected chi connectivity index (χ4v) is 2.97. The minimum Gasteiger partial charge on any atom is -0.496 e. The molecule has 3 aromatic rings. The van der Waals surface area contributed by atoms with Gasteiger partial charge >= 0.3 is 0 Å². The van der Waals surface area contributed by atoms with Crippen LogP contribution in [0.1, 0.15) is 22.7 Å². The lowest BCUT2D eigenvalue weighted by molar-refractivity contribution is -0.121. The molecule has 0 saturated carbocycles. The van der Waals surface area contributed by atoms with E-state index in [4.69, 9.17) is 9.15 Å². The third-order valence-electron chi connectivity index (χ3n) is 4.31. The lowest BCUT2D eigenvalue weighted by Gasteiger charge is -2.16. The number of carbonyl (C=O) groups is 1. The second kappa shape index (κ2) is 7.40. The van der Waals surface area contributed by atoms with Gasteiger partial charge in [0.25, 0.3) is 0 Å². The second-order valence-electron chi connectivity index (χ2n) is 5.92. The van der Waals surface area contributed by atoms with Crippen molar-refractivity contribution in [2.24, 2.45) is 0 Å². The van der Waals surface area contributed by atoms with Crippen molar-refractivity contribution in [3.8, 4) is 5.75 Å². The highest BCUT2D eigenvalue weighted by Gasteiger charge is 2.17. The first-order chi connectivity index (χ1) is 12.1. The number of ether oxygens (including phenoxy) is 1. The van der Waals surface area contributed by atoms with E-state index in [0.29, 0.717) is 0 Å². The van der Waals surface area contributed by atoms with E-state index in [-0.39, 0.29) is 18.9 Å². The molecule has 1 heterocycles. The molecule has 1 aromatic heterocycles. The summed E-state index contributed by atoms with van der Waals surface area (Å²) in [4.78, 5) is 12.4. The topological polar surface area (TPSA) is 71.7 Å². The summed E-state index contributed by atoms with van der Waals surface area (Å²) in [6.07, 6.45) is 1.79. The van der Waals surface area contributed by atoms with Crippen molar-refractivity contribution in [2.75, 3.05) is 13.7 Å². The molecule has 0 fully saturated rings. The summed E-state index contributed by atoms with van der Waals surface area (Å²) < 4.78 is 10.9. The molecule has 25 heavy (non-hydrogen) atoms. The van der Waals surface area contributed by atoms with Crippen LogP contribution in [-0.2, 0) is 11.2 Å². The number of aryl methyl sites for hydroxylation is 1. The molecule has 0 aliphatic rings. The Hall–Kier alpha value is -2.79. The molecule has 0 aliphatic carbocycles. The van der Waals surface area contributed by atoms with E-state index < -0.39 is 6.04 Å². The number of benzene rings is 2. The minimum atomic E-state index is -0.423. The van der Waals surface area contributed by atoms with Crippen LogP contribution in [-0.4, -0.2) is 24.7 Å². The second-order valence-corrected chi connectivity index (χ2v) is 5.92. The maximum atomic E-state index is 12.4. The maximum absolute atomic E-state index is 12.4. The minimum absolute atomic E-state index is 0.155. The van der Waals surface area contributed by atoms with Crippen molar-refractivity contribution >= 4 is 16.9 Å². The van der Waals surface area contributed by atoms with Crippen LogP contribution in [0.15, 0.2) is 53.1 Å². The molecular formula is C20H21NO4.